The lowest BCUT2D eigenvalue weighted by Gasteiger charge is -2.21. The summed E-state index contributed by atoms with van der Waals surface area (Å²) >= 11 is 0. The van der Waals surface area contributed by atoms with Crippen molar-refractivity contribution in [3.05, 3.63) is 0 Å². The molecule has 17 nitrogen and oxygen atoms in total. The molecule has 0 spiro atoms. The molecule has 0 amide bonds. The van der Waals surface area contributed by atoms with Crippen LogP contribution in [0.4, 0.5) is 0 Å². The number of aliphatic hydroxyl groups is 1. The Morgan fingerprint density at radius 1 is 0.322 bits per heavy atom. The number of unbranched alkanes of at least 4 members (excludes halogenated alkanes) is 39. The second kappa shape index (κ2) is 63.1. The van der Waals surface area contributed by atoms with E-state index in [1.165, 1.54) is 180 Å². The van der Waals surface area contributed by atoms with Gasteiger partial charge in [0.05, 0.1) is 26.4 Å². The first-order valence-electron chi connectivity index (χ1n) is 37.0. The van der Waals surface area contributed by atoms with E-state index in [2.05, 4.69) is 41.5 Å². The summed E-state index contributed by atoms with van der Waals surface area (Å²) in [7, 11) is -9.90. The average molecular weight is 1330 g/mol. The number of ether oxygens (including phenoxy) is 4. The number of rotatable bonds is 70. The SMILES string of the molecule is CCCCCCCCCCCCCCCCCCCCCC(=O)O[C@H](COC(=O)CCCCCCCCCCCC(C)C)COP(=O)(O)OC[C@@H](O)COP(=O)(O)OC[C@@H](COC(=O)CCCCCCCCCCC)OC(=O)CCCCCCCCC(C)CC. The lowest BCUT2D eigenvalue weighted by molar-refractivity contribution is -0.161. The van der Waals surface area contributed by atoms with Crippen molar-refractivity contribution >= 4 is 39.5 Å². The van der Waals surface area contributed by atoms with E-state index >= 15 is 0 Å². The highest BCUT2D eigenvalue weighted by Gasteiger charge is 2.30. The van der Waals surface area contributed by atoms with Crippen LogP contribution in [0.2, 0.25) is 0 Å². The highest BCUT2D eigenvalue weighted by molar-refractivity contribution is 7.47. The first-order chi connectivity index (χ1) is 43.4. The Morgan fingerprint density at radius 2 is 0.567 bits per heavy atom. The van der Waals surface area contributed by atoms with Crippen molar-refractivity contribution in [3.8, 4) is 0 Å². The molecule has 534 valence electrons. The number of hydrogen-bond acceptors (Lipinski definition) is 15. The predicted octanol–water partition coefficient (Wildman–Crippen LogP) is 20.4. The molecule has 0 aromatic carbocycles. The van der Waals surface area contributed by atoms with Crippen LogP contribution in [0.25, 0.3) is 0 Å². The van der Waals surface area contributed by atoms with E-state index in [1.807, 2.05) is 0 Å². The zero-order valence-corrected chi connectivity index (χ0v) is 60.2. The van der Waals surface area contributed by atoms with Gasteiger partial charge in [-0.3, -0.25) is 37.3 Å². The van der Waals surface area contributed by atoms with Crippen LogP contribution in [0.5, 0.6) is 0 Å². The predicted molar refractivity (Wildman–Crippen MR) is 363 cm³/mol. The standard InChI is InChI=1S/C71H138O17P2/c1-7-10-12-14-16-18-19-20-21-22-23-24-25-26-27-31-36-43-49-55-70(75)87-66(59-82-69(74)54-48-42-35-32-28-30-33-39-45-51-63(4)5)61-85-89(77,78)83-57-65(72)58-84-90(79,80)86-62-67(60-81-68(73)53-47-41-34-29-17-15-13-11-8-2)88-71(76)56-50-44-38-37-40-46-52-64(6)9-3/h63-67,72H,7-62H2,1-6H3,(H,77,78)(H,79,80)/t64?,65-,66-,67-/m1/s1. The molecule has 90 heavy (non-hydrogen) atoms. The molecule has 0 radical (unpaired) electrons. The molecular formula is C71H138O17P2. The summed E-state index contributed by atoms with van der Waals surface area (Å²) in [4.78, 5) is 72.5. The number of carbonyl (C=O) groups is 4. The molecule has 0 aliphatic rings. The summed E-state index contributed by atoms with van der Waals surface area (Å²) in [6, 6.07) is 0. The number of esters is 4. The fourth-order valence-corrected chi connectivity index (χ4v) is 12.3. The van der Waals surface area contributed by atoms with Gasteiger partial charge in [-0.05, 0) is 37.5 Å². The van der Waals surface area contributed by atoms with Gasteiger partial charge in [-0.1, -0.05) is 311 Å². The molecule has 3 N–H and O–H groups in total. The molecule has 0 aromatic rings. The third-order valence-electron chi connectivity index (χ3n) is 16.8. The number of hydrogen-bond donors (Lipinski definition) is 3. The van der Waals surface area contributed by atoms with E-state index < -0.39 is 97.5 Å². The molecule has 3 unspecified atom stereocenters. The minimum absolute atomic E-state index is 0.103. The molecule has 0 saturated carbocycles. The molecule has 0 aliphatic carbocycles. The zero-order chi connectivity index (χ0) is 66.5. The van der Waals surface area contributed by atoms with Gasteiger partial charge in [0, 0.05) is 25.7 Å². The van der Waals surface area contributed by atoms with Gasteiger partial charge in [0.1, 0.15) is 19.3 Å². The van der Waals surface area contributed by atoms with Crippen LogP contribution in [0.1, 0.15) is 363 Å². The second-order valence-electron chi connectivity index (χ2n) is 26.3. The lowest BCUT2D eigenvalue weighted by Crippen LogP contribution is -2.30. The van der Waals surface area contributed by atoms with Crippen molar-refractivity contribution in [2.75, 3.05) is 39.6 Å². The fourth-order valence-electron chi connectivity index (χ4n) is 10.7. The molecule has 0 aromatic heterocycles. The third kappa shape index (κ3) is 63.5. The molecule has 0 aliphatic heterocycles. The highest BCUT2D eigenvalue weighted by Crippen LogP contribution is 2.45. The zero-order valence-electron chi connectivity index (χ0n) is 58.4. The molecule has 19 heteroatoms. The number of phosphoric acid groups is 2. The van der Waals surface area contributed by atoms with Crippen LogP contribution in [-0.4, -0.2) is 96.7 Å². The van der Waals surface area contributed by atoms with Crippen molar-refractivity contribution in [1.82, 2.24) is 0 Å². The van der Waals surface area contributed by atoms with Gasteiger partial charge in [0.2, 0.25) is 0 Å². The van der Waals surface area contributed by atoms with Crippen molar-refractivity contribution in [2.24, 2.45) is 11.8 Å². The Morgan fingerprint density at radius 3 is 0.844 bits per heavy atom. The average Bonchev–Trinajstić information content (AvgIpc) is 3.60. The van der Waals surface area contributed by atoms with Crippen LogP contribution in [-0.2, 0) is 65.4 Å². The number of carbonyl (C=O) groups excluding carboxylic acids is 4. The Hall–Kier alpha value is -1.94. The van der Waals surface area contributed by atoms with Crippen molar-refractivity contribution < 1.29 is 80.2 Å². The summed E-state index contributed by atoms with van der Waals surface area (Å²) in [5, 5.41) is 10.6. The van der Waals surface area contributed by atoms with Crippen LogP contribution in [0, 0.1) is 11.8 Å². The summed E-state index contributed by atoms with van der Waals surface area (Å²) in [5.74, 6) is -0.663. The normalized spacial score (nSPS) is 14.4. The maximum absolute atomic E-state index is 13.0. The Balaban J connectivity index is 5.20. The monoisotopic (exact) mass is 1320 g/mol. The summed E-state index contributed by atoms with van der Waals surface area (Å²) in [5.41, 5.74) is 0. The molecule has 0 saturated heterocycles. The first kappa shape index (κ1) is 88.1. The van der Waals surface area contributed by atoms with Crippen LogP contribution >= 0.6 is 15.6 Å². The summed E-state index contributed by atoms with van der Waals surface area (Å²) in [6.07, 6.45) is 48.7. The van der Waals surface area contributed by atoms with Crippen LogP contribution in [0.15, 0.2) is 0 Å². The van der Waals surface area contributed by atoms with E-state index in [4.69, 9.17) is 37.0 Å². The molecule has 6 atom stereocenters. The van der Waals surface area contributed by atoms with E-state index in [0.717, 1.165) is 102 Å². The van der Waals surface area contributed by atoms with E-state index in [1.54, 1.807) is 0 Å². The van der Waals surface area contributed by atoms with Gasteiger partial charge in [-0.25, -0.2) is 9.13 Å². The smallest absolute Gasteiger partial charge is 0.462 e. The van der Waals surface area contributed by atoms with Crippen LogP contribution in [0.3, 0.4) is 0 Å². The summed E-state index contributed by atoms with van der Waals surface area (Å²) in [6.45, 7) is 9.47. The van der Waals surface area contributed by atoms with E-state index in [9.17, 15) is 43.2 Å². The van der Waals surface area contributed by atoms with Crippen molar-refractivity contribution in [3.63, 3.8) is 0 Å². The molecule has 0 heterocycles. The Bertz CT molecular complexity index is 1750. The van der Waals surface area contributed by atoms with Crippen molar-refractivity contribution in [2.45, 2.75) is 381 Å². The second-order valence-corrected chi connectivity index (χ2v) is 29.3. The maximum atomic E-state index is 13.0. The van der Waals surface area contributed by atoms with Gasteiger partial charge in [0.15, 0.2) is 12.2 Å². The van der Waals surface area contributed by atoms with Gasteiger partial charge in [-0.2, -0.15) is 0 Å². The lowest BCUT2D eigenvalue weighted by atomic mass is 10.00. The summed E-state index contributed by atoms with van der Waals surface area (Å²) < 4.78 is 68.2. The van der Waals surface area contributed by atoms with E-state index in [-0.39, 0.29) is 25.7 Å². The molecule has 0 rings (SSSR count). The van der Waals surface area contributed by atoms with Gasteiger partial charge < -0.3 is 33.8 Å². The van der Waals surface area contributed by atoms with Gasteiger partial charge in [-0.15, -0.1) is 0 Å². The first-order valence-corrected chi connectivity index (χ1v) is 40.0. The highest BCUT2D eigenvalue weighted by atomic mass is 31.2. The van der Waals surface area contributed by atoms with Gasteiger partial charge in [0.25, 0.3) is 0 Å². The minimum atomic E-state index is -4.95. The maximum Gasteiger partial charge on any atom is 0.472 e. The fraction of sp³-hybridized carbons (Fsp3) is 0.944. The molecule has 0 bridgehead atoms. The molecule has 0 fully saturated rings. The number of aliphatic hydroxyl groups excluding tert-OH is 1. The minimum Gasteiger partial charge on any atom is -0.462 e. The Kier molecular flexibility index (Phi) is 61.8. The largest absolute Gasteiger partial charge is 0.472 e. The molecular weight excluding hydrogens is 1190 g/mol. The number of phosphoric ester groups is 2. The quantitative estimate of drug-likeness (QED) is 0.0222. The third-order valence-corrected chi connectivity index (χ3v) is 18.7. The van der Waals surface area contributed by atoms with Crippen molar-refractivity contribution in [1.29, 1.82) is 0 Å². The Labute approximate surface area is 549 Å². The van der Waals surface area contributed by atoms with E-state index in [0.29, 0.717) is 25.7 Å². The van der Waals surface area contributed by atoms with Crippen LogP contribution < -0.4 is 0 Å². The topological polar surface area (TPSA) is 237 Å². The van der Waals surface area contributed by atoms with Gasteiger partial charge >= 0.3 is 39.5 Å².